The van der Waals surface area contributed by atoms with Crippen molar-refractivity contribution in [3.05, 3.63) is 22.2 Å². The van der Waals surface area contributed by atoms with Crippen LogP contribution < -0.4 is 15.2 Å². The summed E-state index contributed by atoms with van der Waals surface area (Å²) in [5.74, 6) is 1.86. The summed E-state index contributed by atoms with van der Waals surface area (Å²) in [7, 11) is 3.18. The van der Waals surface area contributed by atoms with Crippen molar-refractivity contribution < 1.29 is 14.6 Å². The quantitative estimate of drug-likeness (QED) is 0.795. The molecule has 0 aliphatic carbocycles. The van der Waals surface area contributed by atoms with Gasteiger partial charge in [0, 0.05) is 5.56 Å². The fourth-order valence-electron chi connectivity index (χ4n) is 2.04. The van der Waals surface area contributed by atoms with Crippen LogP contribution in [0.1, 0.15) is 38.3 Å². The monoisotopic (exact) mass is 345 g/mol. The largest absolute Gasteiger partial charge is 0.496 e. The van der Waals surface area contributed by atoms with Crippen LogP contribution in [0.15, 0.2) is 16.6 Å². The minimum atomic E-state index is -0.600. The van der Waals surface area contributed by atoms with Crippen LogP contribution in [-0.4, -0.2) is 25.4 Å². The maximum absolute atomic E-state index is 10.2. The number of hydrogen-bond donors (Lipinski definition) is 2. The molecule has 5 heteroatoms. The average molecular weight is 346 g/mol. The maximum Gasteiger partial charge on any atom is 0.133 e. The molecule has 0 amide bonds. The van der Waals surface area contributed by atoms with Crippen LogP contribution in [-0.2, 0) is 0 Å². The van der Waals surface area contributed by atoms with Gasteiger partial charge in [-0.15, -0.1) is 0 Å². The van der Waals surface area contributed by atoms with E-state index in [1.807, 2.05) is 12.1 Å². The van der Waals surface area contributed by atoms with Crippen molar-refractivity contribution in [2.75, 3.05) is 14.2 Å². The Morgan fingerprint density at radius 3 is 2.25 bits per heavy atom. The van der Waals surface area contributed by atoms with E-state index in [9.17, 15) is 5.11 Å². The molecule has 1 aromatic rings. The molecule has 0 aliphatic rings. The molecule has 2 atom stereocenters. The van der Waals surface area contributed by atoms with E-state index in [1.165, 1.54) is 0 Å². The Kier molecular flexibility index (Phi) is 6.79. The second kappa shape index (κ2) is 7.86. The second-order valence-corrected chi connectivity index (χ2v) is 6.15. The zero-order valence-electron chi connectivity index (χ0n) is 12.5. The van der Waals surface area contributed by atoms with Gasteiger partial charge in [-0.2, -0.15) is 0 Å². The van der Waals surface area contributed by atoms with E-state index in [0.29, 0.717) is 23.8 Å². The molecule has 3 N–H and O–H groups in total. The van der Waals surface area contributed by atoms with E-state index in [2.05, 4.69) is 29.8 Å². The Labute approximate surface area is 129 Å². The van der Waals surface area contributed by atoms with Gasteiger partial charge in [0.1, 0.15) is 11.5 Å². The molecule has 114 valence electrons. The van der Waals surface area contributed by atoms with Gasteiger partial charge in [-0.3, -0.25) is 0 Å². The molecule has 0 saturated heterocycles. The molecule has 0 aliphatic heterocycles. The van der Waals surface area contributed by atoms with Gasteiger partial charge in [0.15, 0.2) is 0 Å². The molecule has 0 unspecified atom stereocenters. The lowest BCUT2D eigenvalue weighted by molar-refractivity contribution is 0.127. The Morgan fingerprint density at radius 1 is 1.15 bits per heavy atom. The molecule has 1 rings (SSSR count). The Bertz CT molecular complexity index is 437. The minimum Gasteiger partial charge on any atom is -0.496 e. The maximum atomic E-state index is 10.2. The van der Waals surface area contributed by atoms with Crippen LogP contribution in [0.25, 0.3) is 0 Å². The van der Waals surface area contributed by atoms with E-state index >= 15 is 0 Å². The zero-order valence-corrected chi connectivity index (χ0v) is 14.1. The van der Waals surface area contributed by atoms with Gasteiger partial charge in [-0.25, -0.2) is 0 Å². The topological polar surface area (TPSA) is 64.7 Å². The third kappa shape index (κ3) is 4.36. The third-order valence-electron chi connectivity index (χ3n) is 3.32. The van der Waals surface area contributed by atoms with Gasteiger partial charge in [0.25, 0.3) is 0 Å². The normalized spacial score (nSPS) is 14.2. The van der Waals surface area contributed by atoms with Crippen molar-refractivity contribution >= 4 is 15.9 Å². The van der Waals surface area contributed by atoms with E-state index in [-0.39, 0.29) is 0 Å². The van der Waals surface area contributed by atoms with E-state index in [1.54, 1.807) is 14.2 Å². The summed E-state index contributed by atoms with van der Waals surface area (Å²) in [5, 5.41) is 10.2. The summed E-state index contributed by atoms with van der Waals surface area (Å²) in [6.07, 6.45) is 1.00. The standard InChI is InChI=1S/C15H24BrNO3/c1-9(2)5-6-12(18)15(17)10-7-14(20-4)11(16)8-13(10)19-3/h7-9,12,15,18H,5-6,17H2,1-4H3/t12-,15+/m0/s1. The van der Waals surface area contributed by atoms with Gasteiger partial charge in [-0.1, -0.05) is 13.8 Å². The second-order valence-electron chi connectivity index (χ2n) is 5.29. The number of nitrogens with two attached hydrogens (primary N) is 1. The Balaban J connectivity index is 2.98. The molecule has 4 nitrogen and oxygen atoms in total. The number of ether oxygens (including phenoxy) is 2. The lowest BCUT2D eigenvalue weighted by Crippen LogP contribution is -2.27. The number of benzene rings is 1. The lowest BCUT2D eigenvalue weighted by atomic mass is 9.95. The molecule has 0 radical (unpaired) electrons. The zero-order chi connectivity index (χ0) is 15.3. The third-order valence-corrected chi connectivity index (χ3v) is 3.94. The van der Waals surface area contributed by atoms with E-state index in [4.69, 9.17) is 15.2 Å². The summed E-state index contributed by atoms with van der Waals surface area (Å²) in [6, 6.07) is 3.13. The molecule has 1 aromatic carbocycles. The van der Waals surface area contributed by atoms with Crippen molar-refractivity contribution in [3.8, 4) is 11.5 Å². The van der Waals surface area contributed by atoms with Crippen LogP contribution in [0, 0.1) is 5.92 Å². The van der Waals surface area contributed by atoms with Crippen molar-refractivity contribution in [2.24, 2.45) is 11.7 Å². The molecular weight excluding hydrogens is 322 g/mol. The smallest absolute Gasteiger partial charge is 0.133 e. The number of aliphatic hydroxyl groups is 1. The number of hydrogen-bond acceptors (Lipinski definition) is 4. The van der Waals surface area contributed by atoms with Gasteiger partial charge < -0.3 is 20.3 Å². The first kappa shape index (κ1) is 17.3. The summed E-state index contributed by atoms with van der Waals surface area (Å²) in [5.41, 5.74) is 6.93. The summed E-state index contributed by atoms with van der Waals surface area (Å²) in [6.45, 7) is 4.25. The van der Waals surface area contributed by atoms with Crippen molar-refractivity contribution in [1.29, 1.82) is 0 Å². The molecule has 0 fully saturated rings. The summed E-state index contributed by atoms with van der Waals surface area (Å²) in [4.78, 5) is 0. The highest BCUT2D eigenvalue weighted by Crippen LogP contribution is 2.36. The molecule has 0 spiro atoms. The van der Waals surface area contributed by atoms with E-state index in [0.717, 1.165) is 16.5 Å². The van der Waals surface area contributed by atoms with Crippen molar-refractivity contribution in [1.82, 2.24) is 0 Å². The van der Waals surface area contributed by atoms with E-state index < -0.39 is 12.1 Å². The van der Waals surface area contributed by atoms with Crippen LogP contribution in [0.4, 0.5) is 0 Å². The fraction of sp³-hybridized carbons (Fsp3) is 0.600. The molecule has 0 saturated carbocycles. The fourth-order valence-corrected chi connectivity index (χ4v) is 2.52. The number of methoxy groups -OCH3 is 2. The van der Waals surface area contributed by atoms with Gasteiger partial charge in [0.2, 0.25) is 0 Å². The van der Waals surface area contributed by atoms with Crippen molar-refractivity contribution in [3.63, 3.8) is 0 Å². The molecule has 0 bridgehead atoms. The van der Waals surface area contributed by atoms with Gasteiger partial charge in [0.05, 0.1) is 30.8 Å². The van der Waals surface area contributed by atoms with Gasteiger partial charge in [-0.05, 0) is 46.8 Å². The Morgan fingerprint density at radius 2 is 1.75 bits per heavy atom. The molecule has 0 heterocycles. The highest BCUT2D eigenvalue weighted by Gasteiger charge is 2.22. The Hall–Kier alpha value is -0.780. The average Bonchev–Trinajstić information content (AvgIpc) is 2.43. The summed E-state index contributed by atoms with van der Waals surface area (Å²) >= 11 is 3.41. The SMILES string of the molecule is COc1cc([C@@H](N)[C@@H](O)CCC(C)C)c(OC)cc1Br. The minimum absolute atomic E-state index is 0.495. The first-order valence-corrected chi connectivity index (χ1v) is 7.55. The van der Waals surface area contributed by atoms with Crippen LogP contribution >= 0.6 is 15.9 Å². The highest BCUT2D eigenvalue weighted by molar-refractivity contribution is 9.10. The summed E-state index contributed by atoms with van der Waals surface area (Å²) < 4.78 is 11.4. The first-order chi connectivity index (χ1) is 9.40. The number of halogens is 1. The molecule has 0 aromatic heterocycles. The predicted octanol–water partition coefficient (Wildman–Crippen LogP) is 3.26. The van der Waals surface area contributed by atoms with Gasteiger partial charge >= 0.3 is 0 Å². The number of aliphatic hydroxyl groups excluding tert-OH is 1. The highest BCUT2D eigenvalue weighted by atomic mass is 79.9. The predicted molar refractivity (Wildman–Crippen MR) is 84.3 cm³/mol. The van der Waals surface area contributed by atoms with Crippen LogP contribution in [0.2, 0.25) is 0 Å². The van der Waals surface area contributed by atoms with Crippen LogP contribution in [0.5, 0.6) is 11.5 Å². The number of rotatable bonds is 7. The van der Waals surface area contributed by atoms with Crippen LogP contribution in [0.3, 0.4) is 0 Å². The lowest BCUT2D eigenvalue weighted by Gasteiger charge is -2.23. The van der Waals surface area contributed by atoms with Crippen molar-refractivity contribution in [2.45, 2.75) is 38.8 Å². The molecule has 20 heavy (non-hydrogen) atoms. The first-order valence-electron chi connectivity index (χ1n) is 6.75. The molecular formula is C15H24BrNO3.